The van der Waals surface area contributed by atoms with E-state index in [9.17, 15) is 5.11 Å². The highest BCUT2D eigenvalue weighted by molar-refractivity contribution is 5.59. The van der Waals surface area contributed by atoms with E-state index in [4.69, 9.17) is 4.74 Å². The van der Waals surface area contributed by atoms with Crippen molar-refractivity contribution in [3.63, 3.8) is 0 Å². The molecule has 2 fully saturated rings. The Kier molecular flexibility index (Phi) is 7.57. The van der Waals surface area contributed by atoms with Crippen LogP contribution in [0.5, 0.6) is 5.75 Å². The third-order valence-corrected chi connectivity index (χ3v) is 6.79. The first-order chi connectivity index (χ1) is 18.0. The summed E-state index contributed by atoms with van der Waals surface area (Å²) in [5.74, 6) is 2.36. The number of aromatic nitrogens is 6. The van der Waals surface area contributed by atoms with Crippen LogP contribution in [0.25, 0.3) is 17.0 Å². The number of fused-ring (bicyclic) bond motifs is 1. The van der Waals surface area contributed by atoms with Gasteiger partial charge in [0.1, 0.15) is 11.6 Å². The summed E-state index contributed by atoms with van der Waals surface area (Å²) in [7, 11) is 0. The van der Waals surface area contributed by atoms with Crippen molar-refractivity contribution in [1.82, 2.24) is 34.4 Å². The molecule has 0 spiro atoms. The van der Waals surface area contributed by atoms with Crippen LogP contribution in [-0.4, -0.2) is 78.9 Å². The number of hydrogen-bond donors (Lipinski definition) is 1. The number of hydrogen-bond acceptors (Lipinski definition) is 9. The summed E-state index contributed by atoms with van der Waals surface area (Å²) in [6, 6.07) is 8.69. The van der Waals surface area contributed by atoms with Crippen LogP contribution in [0.4, 0.5) is 5.82 Å². The molecule has 10 heteroatoms. The van der Waals surface area contributed by atoms with Crippen LogP contribution in [0.15, 0.2) is 36.7 Å². The van der Waals surface area contributed by atoms with E-state index < -0.39 is 0 Å². The average molecular weight is 503 g/mol. The number of aromatic hydroxyl groups is 1. The van der Waals surface area contributed by atoms with Crippen LogP contribution >= 0.6 is 0 Å². The van der Waals surface area contributed by atoms with Crippen LogP contribution < -0.4 is 4.90 Å². The van der Waals surface area contributed by atoms with Gasteiger partial charge in [-0.25, -0.2) is 9.97 Å². The summed E-state index contributed by atoms with van der Waals surface area (Å²) in [6.07, 6.45) is 6.31. The van der Waals surface area contributed by atoms with E-state index in [2.05, 4.69) is 59.1 Å². The molecule has 0 saturated carbocycles. The minimum absolute atomic E-state index is 0.178. The Balaban J connectivity index is 0.000000182. The number of nitrogens with zero attached hydrogens (tertiary/aromatic N) is 8. The molecular formula is C27H34N8O2. The molecule has 2 aliphatic rings. The number of aryl methyl sites for hydroxylation is 3. The normalized spacial score (nSPS) is 16.1. The Morgan fingerprint density at radius 3 is 2.30 bits per heavy atom. The van der Waals surface area contributed by atoms with Gasteiger partial charge >= 0.3 is 0 Å². The maximum atomic E-state index is 9.56. The Morgan fingerprint density at radius 2 is 1.62 bits per heavy atom. The number of ether oxygens (including phenoxy) is 1. The van der Waals surface area contributed by atoms with Crippen LogP contribution in [0.3, 0.4) is 0 Å². The second-order valence-electron chi connectivity index (χ2n) is 9.54. The lowest BCUT2D eigenvalue weighted by Crippen LogP contribution is -2.35. The quantitative estimate of drug-likeness (QED) is 0.450. The predicted octanol–water partition coefficient (Wildman–Crippen LogP) is 3.33. The summed E-state index contributed by atoms with van der Waals surface area (Å²) in [5, 5.41) is 13.7. The third-order valence-electron chi connectivity index (χ3n) is 6.79. The molecule has 0 unspecified atom stereocenters. The van der Waals surface area contributed by atoms with Crippen molar-refractivity contribution in [3.8, 4) is 17.0 Å². The van der Waals surface area contributed by atoms with Crippen molar-refractivity contribution in [1.29, 1.82) is 0 Å². The first-order valence-corrected chi connectivity index (χ1v) is 12.8. The number of rotatable bonds is 4. The maximum absolute atomic E-state index is 9.56. The Labute approximate surface area is 217 Å². The van der Waals surface area contributed by atoms with Gasteiger partial charge in [-0.3, -0.25) is 9.88 Å². The van der Waals surface area contributed by atoms with Gasteiger partial charge in [-0.1, -0.05) is 24.3 Å². The molecule has 0 amide bonds. The number of morpholine rings is 1. The highest BCUT2D eigenvalue weighted by Crippen LogP contribution is 2.22. The van der Waals surface area contributed by atoms with E-state index in [1.54, 1.807) is 20.8 Å². The monoisotopic (exact) mass is 502 g/mol. The molecule has 1 aromatic carbocycles. The second-order valence-corrected chi connectivity index (χ2v) is 9.54. The molecule has 1 N–H and O–H groups in total. The average Bonchev–Trinajstić information content (AvgIpc) is 3.59. The molecule has 2 saturated heterocycles. The molecule has 2 aliphatic heterocycles. The van der Waals surface area contributed by atoms with E-state index in [0.717, 1.165) is 63.0 Å². The standard InChI is InChI=1S/C19H24N4O.C8H10N4O/c1-2-8-23(7-1)19-14-20-18(13-21-19)17-5-3-16(4-6-17)15-22-9-11-24-12-10-22;1-4-7(13)5(2)12-8(9-4)10-6(3)11-12/h3-6,13-14H,1-2,7-12,15H2;13H,1-3H3. The highest BCUT2D eigenvalue weighted by Gasteiger charge is 2.14. The largest absolute Gasteiger partial charge is 0.504 e. The molecule has 194 valence electrons. The molecule has 10 nitrogen and oxygen atoms in total. The molecule has 5 heterocycles. The van der Waals surface area contributed by atoms with Crippen molar-refractivity contribution in [2.75, 3.05) is 44.3 Å². The van der Waals surface area contributed by atoms with Crippen LogP contribution in [0.1, 0.15) is 35.6 Å². The zero-order valence-electron chi connectivity index (χ0n) is 21.8. The van der Waals surface area contributed by atoms with Crippen molar-refractivity contribution in [2.45, 2.75) is 40.2 Å². The Hall–Kier alpha value is -3.63. The van der Waals surface area contributed by atoms with Gasteiger partial charge in [-0.05, 0) is 39.2 Å². The van der Waals surface area contributed by atoms with Gasteiger partial charge in [-0.2, -0.15) is 9.50 Å². The summed E-state index contributed by atoms with van der Waals surface area (Å²) >= 11 is 0. The fourth-order valence-corrected chi connectivity index (χ4v) is 4.64. The van der Waals surface area contributed by atoms with E-state index >= 15 is 0 Å². The summed E-state index contributed by atoms with van der Waals surface area (Å²) in [4.78, 5) is 22.1. The van der Waals surface area contributed by atoms with Crippen molar-refractivity contribution < 1.29 is 9.84 Å². The minimum Gasteiger partial charge on any atom is -0.504 e. The van der Waals surface area contributed by atoms with Crippen molar-refractivity contribution >= 4 is 11.6 Å². The van der Waals surface area contributed by atoms with Gasteiger partial charge in [-0.15, -0.1) is 5.10 Å². The van der Waals surface area contributed by atoms with Gasteiger partial charge < -0.3 is 14.7 Å². The lowest BCUT2D eigenvalue weighted by atomic mass is 10.1. The third kappa shape index (κ3) is 5.86. The topological polar surface area (TPSA) is 105 Å². The van der Waals surface area contributed by atoms with E-state index in [0.29, 0.717) is 23.0 Å². The first kappa shape index (κ1) is 25.0. The van der Waals surface area contributed by atoms with Gasteiger partial charge in [0.05, 0.1) is 42.7 Å². The number of anilines is 1. The minimum atomic E-state index is 0.178. The second kappa shape index (κ2) is 11.2. The van der Waals surface area contributed by atoms with Crippen LogP contribution in [0, 0.1) is 20.8 Å². The van der Waals surface area contributed by atoms with E-state index in [-0.39, 0.29) is 5.75 Å². The molecule has 0 atom stereocenters. The summed E-state index contributed by atoms with van der Waals surface area (Å²) in [6.45, 7) is 12.2. The molecule has 0 bridgehead atoms. The maximum Gasteiger partial charge on any atom is 0.253 e. The molecule has 37 heavy (non-hydrogen) atoms. The smallest absolute Gasteiger partial charge is 0.253 e. The Bertz CT molecular complexity index is 1330. The molecule has 3 aromatic heterocycles. The molecule has 0 radical (unpaired) electrons. The molecule has 0 aliphatic carbocycles. The Morgan fingerprint density at radius 1 is 0.892 bits per heavy atom. The van der Waals surface area contributed by atoms with Gasteiger partial charge in [0.25, 0.3) is 5.78 Å². The van der Waals surface area contributed by atoms with Crippen LogP contribution in [0.2, 0.25) is 0 Å². The van der Waals surface area contributed by atoms with Gasteiger partial charge in [0, 0.05) is 38.3 Å². The fraction of sp³-hybridized carbons (Fsp3) is 0.444. The number of benzene rings is 1. The SMILES string of the molecule is Cc1nc2nc(C)c(O)c(C)n2n1.c1cc(-c2cnc(N3CCCC3)cn2)ccc1CN1CCOCC1. The van der Waals surface area contributed by atoms with Crippen molar-refractivity contribution in [3.05, 3.63) is 59.4 Å². The van der Waals surface area contributed by atoms with Gasteiger partial charge in [0.15, 0.2) is 5.75 Å². The molecule has 4 aromatic rings. The summed E-state index contributed by atoms with van der Waals surface area (Å²) < 4.78 is 6.94. The van der Waals surface area contributed by atoms with Gasteiger partial charge in [0.2, 0.25) is 0 Å². The zero-order chi connectivity index (χ0) is 25.8. The van der Waals surface area contributed by atoms with E-state index in [1.807, 2.05) is 12.4 Å². The van der Waals surface area contributed by atoms with E-state index in [1.165, 1.54) is 22.9 Å². The molecular weight excluding hydrogens is 468 g/mol. The zero-order valence-corrected chi connectivity index (χ0v) is 21.8. The first-order valence-electron chi connectivity index (χ1n) is 12.8. The highest BCUT2D eigenvalue weighted by atomic mass is 16.5. The lowest BCUT2D eigenvalue weighted by Gasteiger charge is -2.26. The fourth-order valence-electron chi connectivity index (χ4n) is 4.64. The molecule has 6 rings (SSSR count). The summed E-state index contributed by atoms with van der Waals surface area (Å²) in [5.41, 5.74) is 4.65. The van der Waals surface area contributed by atoms with Crippen LogP contribution in [-0.2, 0) is 11.3 Å². The van der Waals surface area contributed by atoms with Crippen molar-refractivity contribution in [2.24, 2.45) is 0 Å². The lowest BCUT2D eigenvalue weighted by molar-refractivity contribution is 0.0342. The predicted molar refractivity (Wildman–Crippen MR) is 142 cm³/mol.